The summed E-state index contributed by atoms with van der Waals surface area (Å²) in [5, 5.41) is 0. The molecule has 3 nitrogen and oxygen atoms in total. The molecule has 4 rings (SSSR count). The van der Waals surface area contributed by atoms with Crippen LogP contribution >= 0.6 is 0 Å². The molecule has 0 spiro atoms. The number of hydrogen-bond acceptors (Lipinski definition) is 3. The quantitative estimate of drug-likeness (QED) is 0.775. The molecule has 2 bridgehead atoms. The molecule has 0 unspecified atom stereocenters. The number of ether oxygens (including phenoxy) is 3. The summed E-state index contributed by atoms with van der Waals surface area (Å²) in [4.78, 5) is 0. The lowest BCUT2D eigenvalue weighted by molar-refractivity contribution is -0.234. The Morgan fingerprint density at radius 1 is 1.17 bits per heavy atom. The van der Waals surface area contributed by atoms with Crippen molar-refractivity contribution in [2.24, 2.45) is 17.3 Å². The van der Waals surface area contributed by atoms with E-state index < -0.39 is 5.79 Å². The Morgan fingerprint density at radius 3 is 2.50 bits per heavy atom. The van der Waals surface area contributed by atoms with E-state index >= 15 is 0 Å². The van der Waals surface area contributed by atoms with E-state index in [9.17, 15) is 0 Å². The summed E-state index contributed by atoms with van der Waals surface area (Å²) < 4.78 is 17.9. The van der Waals surface area contributed by atoms with E-state index in [0.717, 1.165) is 25.4 Å². The maximum absolute atomic E-state index is 6.43. The molecule has 0 aromatic carbocycles. The van der Waals surface area contributed by atoms with E-state index in [1.54, 1.807) is 7.11 Å². The maximum Gasteiger partial charge on any atom is 0.164 e. The highest BCUT2D eigenvalue weighted by molar-refractivity contribution is 5.17. The molecule has 1 saturated heterocycles. The van der Waals surface area contributed by atoms with Crippen LogP contribution in [-0.2, 0) is 14.2 Å². The Bertz CT molecular complexity index is 350. The van der Waals surface area contributed by atoms with Crippen LogP contribution in [0.2, 0.25) is 0 Å². The van der Waals surface area contributed by atoms with Crippen LogP contribution < -0.4 is 0 Å². The largest absolute Gasteiger partial charge is 0.385 e. The van der Waals surface area contributed by atoms with Crippen molar-refractivity contribution in [3.63, 3.8) is 0 Å². The Hall–Kier alpha value is -0.120. The van der Waals surface area contributed by atoms with E-state index in [2.05, 4.69) is 13.8 Å². The third kappa shape index (κ3) is 1.53. The van der Waals surface area contributed by atoms with Gasteiger partial charge in [0.15, 0.2) is 5.79 Å². The van der Waals surface area contributed by atoms with Gasteiger partial charge in [0, 0.05) is 20.1 Å². The lowest BCUT2D eigenvalue weighted by Gasteiger charge is -2.64. The summed E-state index contributed by atoms with van der Waals surface area (Å²) in [6.45, 7) is 9.64. The summed E-state index contributed by atoms with van der Waals surface area (Å²) in [7, 11) is 1.77. The molecule has 3 heteroatoms. The molecule has 0 aromatic heterocycles. The predicted molar refractivity (Wildman–Crippen MR) is 69.3 cm³/mol. The fourth-order valence-corrected chi connectivity index (χ4v) is 4.68. The number of hydrogen-bond donors (Lipinski definition) is 0. The zero-order valence-electron chi connectivity index (χ0n) is 12.3. The molecule has 3 saturated carbocycles. The Labute approximate surface area is 110 Å². The molecule has 104 valence electrons. The van der Waals surface area contributed by atoms with Gasteiger partial charge in [-0.3, -0.25) is 0 Å². The van der Waals surface area contributed by atoms with Crippen LogP contribution in [0, 0.1) is 17.3 Å². The van der Waals surface area contributed by atoms with E-state index in [1.807, 2.05) is 13.8 Å². The van der Waals surface area contributed by atoms with E-state index in [4.69, 9.17) is 14.2 Å². The highest BCUT2D eigenvalue weighted by Gasteiger charge is 2.70. The Morgan fingerprint density at radius 2 is 1.89 bits per heavy atom. The third-order valence-corrected chi connectivity index (χ3v) is 5.66. The Kier molecular flexibility index (Phi) is 2.66. The van der Waals surface area contributed by atoms with Crippen LogP contribution in [0.5, 0.6) is 0 Å². The first-order valence-corrected chi connectivity index (χ1v) is 7.19. The normalized spacial score (nSPS) is 47.5. The van der Waals surface area contributed by atoms with Crippen LogP contribution in [-0.4, -0.2) is 31.2 Å². The number of methoxy groups -OCH3 is 1. The van der Waals surface area contributed by atoms with Gasteiger partial charge < -0.3 is 14.2 Å². The third-order valence-electron chi connectivity index (χ3n) is 5.66. The monoisotopic (exact) mass is 254 g/mol. The second-order valence-corrected chi connectivity index (χ2v) is 7.35. The van der Waals surface area contributed by atoms with Gasteiger partial charge in [-0.05, 0) is 43.9 Å². The minimum absolute atomic E-state index is 0.113. The van der Waals surface area contributed by atoms with Crippen molar-refractivity contribution in [2.75, 3.05) is 13.7 Å². The number of rotatable bonds is 3. The first-order valence-electron chi connectivity index (χ1n) is 7.19. The molecular weight excluding hydrogens is 228 g/mol. The van der Waals surface area contributed by atoms with Gasteiger partial charge in [0.1, 0.15) is 5.60 Å². The molecule has 4 atom stereocenters. The van der Waals surface area contributed by atoms with Crippen LogP contribution in [0.25, 0.3) is 0 Å². The van der Waals surface area contributed by atoms with Gasteiger partial charge in [-0.1, -0.05) is 13.8 Å². The first-order chi connectivity index (χ1) is 8.32. The van der Waals surface area contributed by atoms with Crippen LogP contribution in [0.15, 0.2) is 0 Å². The van der Waals surface area contributed by atoms with Gasteiger partial charge in [0.05, 0.1) is 6.10 Å². The summed E-state index contributed by atoms with van der Waals surface area (Å²) in [6.07, 6.45) is 3.67. The second-order valence-electron chi connectivity index (χ2n) is 7.35. The van der Waals surface area contributed by atoms with Crippen molar-refractivity contribution in [2.45, 2.75) is 64.4 Å². The average Bonchev–Trinajstić information content (AvgIpc) is 2.55. The van der Waals surface area contributed by atoms with E-state index in [-0.39, 0.29) is 11.7 Å². The van der Waals surface area contributed by atoms with Gasteiger partial charge in [-0.15, -0.1) is 0 Å². The molecule has 3 aliphatic carbocycles. The fraction of sp³-hybridized carbons (Fsp3) is 1.00. The molecular formula is C15H26O3. The van der Waals surface area contributed by atoms with Crippen molar-refractivity contribution < 1.29 is 14.2 Å². The Balaban J connectivity index is 1.91. The van der Waals surface area contributed by atoms with Crippen molar-refractivity contribution in [1.82, 2.24) is 0 Å². The van der Waals surface area contributed by atoms with E-state index in [1.165, 1.54) is 6.42 Å². The van der Waals surface area contributed by atoms with Gasteiger partial charge in [0.2, 0.25) is 0 Å². The standard InChI is InChI=1S/C15H26O3/c1-13(2)10-8-11(13)15(6-7-16-5)12(9-10)17-14(3,4)18-15/h10-12H,6-9H2,1-5H3/t10-,11-,12+,15-/m1/s1. The predicted octanol–water partition coefficient (Wildman–Crippen LogP) is 2.98. The first kappa shape index (κ1) is 12.9. The van der Waals surface area contributed by atoms with Gasteiger partial charge in [0.25, 0.3) is 0 Å². The maximum atomic E-state index is 6.43. The fourth-order valence-electron chi connectivity index (χ4n) is 4.68. The molecule has 18 heavy (non-hydrogen) atoms. The van der Waals surface area contributed by atoms with Gasteiger partial charge in [-0.25, -0.2) is 0 Å². The molecule has 1 aliphatic heterocycles. The van der Waals surface area contributed by atoms with Crippen molar-refractivity contribution in [1.29, 1.82) is 0 Å². The van der Waals surface area contributed by atoms with E-state index in [0.29, 0.717) is 11.3 Å². The smallest absolute Gasteiger partial charge is 0.164 e. The second kappa shape index (κ2) is 3.71. The molecule has 4 fully saturated rings. The SMILES string of the molecule is COCC[C@]12OC(C)(C)O[C@H]1C[C@H]1C[C@@H]2C1(C)C. The minimum Gasteiger partial charge on any atom is -0.385 e. The highest BCUT2D eigenvalue weighted by Crippen LogP contribution is 2.67. The average molecular weight is 254 g/mol. The minimum atomic E-state index is -0.439. The summed E-state index contributed by atoms with van der Waals surface area (Å²) in [5.41, 5.74) is 0.284. The van der Waals surface area contributed by atoms with Gasteiger partial charge >= 0.3 is 0 Å². The molecule has 1 heterocycles. The summed E-state index contributed by atoms with van der Waals surface area (Å²) >= 11 is 0. The lowest BCUT2D eigenvalue weighted by Crippen LogP contribution is -2.67. The summed E-state index contributed by atoms with van der Waals surface area (Å²) in [6, 6.07) is 0. The summed E-state index contributed by atoms with van der Waals surface area (Å²) in [5.74, 6) is 0.984. The van der Waals surface area contributed by atoms with Crippen molar-refractivity contribution in [3.05, 3.63) is 0 Å². The topological polar surface area (TPSA) is 27.7 Å². The highest BCUT2D eigenvalue weighted by atomic mass is 16.8. The molecule has 0 radical (unpaired) electrons. The molecule has 0 aromatic rings. The zero-order valence-corrected chi connectivity index (χ0v) is 12.3. The van der Waals surface area contributed by atoms with Crippen LogP contribution in [0.1, 0.15) is 47.0 Å². The molecule has 0 N–H and O–H groups in total. The zero-order chi connectivity index (χ0) is 13.2. The lowest BCUT2D eigenvalue weighted by atomic mass is 9.43. The van der Waals surface area contributed by atoms with Gasteiger partial charge in [-0.2, -0.15) is 0 Å². The van der Waals surface area contributed by atoms with Crippen LogP contribution in [0.4, 0.5) is 0 Å². The van der Waals surface area contributed by atoms with Crippen LogP contribution in [0.3, 0.4) is 0 Å². The van der Waals surface area contributed by atoms with Crippen molar-refractivity contribution >= 4 is 0 Å². The van der Waals surface area contributed by atoms with Crippen molar-refractivity contribution in [3.8, 4) is 0 Å². The molecule has 0 amide bonds. The molecule has 4 aliphatic rings.